The topological polar surface area (TPSA) is 110 Å². The van der Waals surface area contributed by atoms with Gasteiger partial charge in [0.1, 0.15) is 5.82 Å². The Labute approximate surface area is 120 Å². The Morgan fingerprint density at radius 2 is 2.00 bits per heavy atom. The standard InChI is InChI=1S/C12H7FN2O5S/c13-6-1-2-7(12(17)18)8(5-6)14-11(16)9-3-4-10(21-9)15(19)20/h1-5H,(H,14,16)(H,17,18). The maximum Gasteiger partial charge on any atom is 0.337 e. The smallest absolute Gasteiger partial charge is 0.337 e. The van der Waals surface area contributed by atoms with E-state index in [0.717, 1.165) is 24.3 Å². The van der Waals surface area contributed by atoms with E-state index in [2.05, 4.69) is 5.32 Å². The lowest BCUT2D eigenvalue weighted by Crippen LogP contribution is -2.13. The molecule has 0 radical (unpaired) electrons. The Bertz CT molecular complexity index is 743. The summed E-state index contributed by atoms with van der Waals surface area (Å²) in [6, 6.07) is 5.23. The Kier molecular flexibility index (Phi) is 3.94. The minimum atomic E-state index is -1.33. The molecule has 0 fully saturated rings. The van der Waals surface area contributed by atoms with Crippen LogP contribution in [0.4, 0.5) is 15.1 Å². The van der Waals surface area contributed by atoms with Crippen LogP contribution in [0.5, 0.6) is 0 Å². The van der Waals surface area contributed by atoms with E-state index in [-0.39, 0.29) is 21.1 Å². The van der Waals surface area contributed by atoms with Crippen molar-refractivity contribution in [3.05, 3.63) is 56.7 Å². The van der Waals surface area contributed by atoms with Crippen molar-refractivity contribution in [2.75, 3.05) is 5.32 Å². The number of amides is 1. The van der Waals surface area contributed by atoms with Crippen LogP contribution in [0.25, 0.3) is 0 Å². The van der Waals surface area contributed by atoms with Crippen molar-refractivity contribution >= 4 is 33.9 Å². The summed E-state index contributed by atoms with van der Waals surface area (Å²) in [7, 11) is 0. The minimum absolute atomic E-state index is 0.0160. The predicted octanol–water partition coefficient (Wildman–Crippen LogP) is 2.75. The molecule has 0 aliphatic rings. The van der Waals surface area contributed by atoms with Crippen LogP contribution in [0.2, 0.25) is 0 Å². The van der Waals surface area contributed by atoms with E-state index >= 15 is 0 Å². The zero-order chi connectivity index (χ0) is 15.6. The summed E-state index contributed by atoms with van der Waals surface area (Å²) in [5.74, 6) is -2.80. The van der Waals surface area contributed by atoms with Crippen molar-refractivity contribution in [1.82, 2.24) is 0 Å². The second-order valence-electron chi connectivity index (χ2n) is 3.84. The summed E-state index contributed by atoms with van der Waals surface area (Å²) in [6.45, 7) is 0. The maximum atomic E-state index is 13.1. The summed E-state index contributed by atoms with van der Waals surface area (Å²) in [4.78, 5) is 32.8. The Morgan fingerprint density at radius 3 is 2.57 bits per heavy atom. The predicted molar refractivity (Wildman–Crippen MR) is 72.3 cm³/mol. The van der Waals surface area contributed by atoms with Crippen LogP contribution in [-0.4, -0.2) is 21.9 Å². The lowest BCUT2D eigenvalue weighted by atomic mass is 10.1. The van der Waals surface area contributed by atoms with Crippen LogP contribution in [0, 0.1) is 15.9 Å². The first-order valence-electron chi connectivity index (χ1n) is 5.47. The third-order valence-corrected chi connectivity index (χ3v) is 3.49. The first-order chi connectivity index (χ1) is 9.88. The highest BCUT2D eigenvalue weighted by Gasteiger charge is 2.18. The van der Waals surface area contributed by atoms with Crippen LogP contribution >= 0.6 is 11.3 Å². The molecule has 0 unspecified atom stereocenters. The fraction of sp³-hybridized carbons (Fsp3) is 0. The summed E-state index contributed by atoms with van der Waals surface area (Å²) in [5.41, 5.74) is -0.501. The van der Waals surface area contributed by atoms with Gasteiger partial charge in [0.25, 0.3) is 5.91 Å². The number of aromatic carboxylic acids is 1. The molecule has 1 amide bonds. The van der Waals surface area contributed by atoms with Gasteiger partial charge in [-0.15, -0.1) is 0 Å². The average Bonchev–Trinajstić information content (AvgIpc) is 2.88. The number of hydrogen-bond acceptors (Lipinski definition) is 5. The lowest BCUT2D eigenvalue weighted by molar-refractivity contribution is -0.380. The summed E-state index contributed by atoms with van der Waals surface area (Å²) in [5, 5.41) is 21.5. The third-order valence-electron chi connectivity index (χ3n) is 2.46. The number of carboxylic acids is 1. The van der Waals surface area contributed by atoms with Crippen LogP contribution in [0.15, 0.2) is 30.3 Å². The molecule has 0 bridgehead atoms. The number of carbonyl (C=O) groups is 2. The van der Waals surface area contributed by atoms with E-state index in [0.29, 0.717) is 11.3 Å². The third kappa shape index (κ3) is 3.20. The molecule has 108 valence electrons. The molecule has 1 aromatic carbocycles. The number of nitrogens with zero attached hydrogens (tertiary/aromatic N) is 1. The van der Waals surface area contributed by atoms with Crippen molar-refractivity contribution in [3.63, 3.8) is 0 Å². The molecule has 2 N–H and O–H groups in total. The van der Waals surface area contributed by atoms with Gasteiger partial charge < -0.3 is 10.4 Å². The molecule has 0 aliphatic heterocycles. The fourth-order valence-corrected chi connectivity index (χ4v) is 2.25. The quantitative estimate of drug-likeness (QED) is 0.666. The molecule has 0 saturated heterocycles. The molecule has 0 spiro atoms. The number of anilines is 1. The Hall–Kier alpha value is -2.81. The van der Waals surface area contributed by atoms with Crippen molar-refractivity contribution in [2.24, 2.45) is 0 Å². The van der Waals surface area contributed by atoms with Crippen LogP contribution < -0.4 is 5.32 Å². The SMILES string of the molecule is O=C(Nc1cc(F)ccc1C(=O)O)c1ccc([N+](=O)[O-])s1. The molecule has 0 atom stereocenters. The van der Waals surface area contributed by atoms with E-state index < -0.39 is 22.6 Å². The number of carboxylic acid groups (broad SMARTS) is 1. The zero-order valence-electron chi connectivity index (χ0n) is 10.2. The average molecular weight is 310 g/mol. The number of carbonyl (C=O) groups excluding carboxylic acids is 1. The summed E-state index contributed by atoms with van der Waals surface area (Å²) in [6.07, 6.45) is 0. The van der Waals surface area contributed by atoms with Crippen molar-refractivity contribution in [3.8, 4) is 0 Å². The van der Waals surface area contributed by atoms with Gasteiger partial charge >= 0.3 is 11.0 Å². The van der Waals surface area contributed by atoms with E-state index in [1.165, 1.54) is 6.07 Å². The molecule has 9 heteroatoms. The molecular weight excluding hydrogens is 303 g/mol. The zero-order valence-corrected chi connectivity index (χ0v) is 11.0. The van der Waals surface area contributed by atoms with Crippen LogP contribution in [0.1, 0.15) is 20.0 Å². The molecular formula is C12H7FN2O5S. The molecule has 2 rings (SSSR count). The first-order valence-corrected chi connectivity index (χ1v) is 6.28. The number of nitrogens with one attached hydrogen (secondary N) is 1. The van der Waals surface area contributed by atoms with Crippen LogP contribution in [0.3, 0.4) is 0 Å². The summed E-state index contributed by atoms with van der Waals surface area (Å²) >= 11 is 0.634. The van der Waals surface area contributed by atoms with Crippen molar-refractivity contribution in [2.45, 2.75) is 0 Å². The molecule has 1 heterocycles. The molecule has 0 aliphatic carbocycles. The van der Waals surface area contributed by atoms with Crippen molar-refractivity contribution in [1.29, 1.82) is 0 Å². The van der Waals surface area contributed by atoms with E-state index in [1.807, 2.05) is 0 Å². The number of benzene rings is 1. The fourth-order valence-electron chi connectivity index (χ4n) is 1.54. The number of halogens is 1. The lowest BCUT2D eigenvalue weighted by Gasteiger charge is -2.07. The largest absolute Gasteiger partial charge is 0.478 e. The van der Waals surface area contributed by atoms with Crippen molar-refractivity contribution < 1.29 is 24.0 Å². The van der Waals surface area contributed by atoms with E-state index in [1.54, 1.807) is 0 Å². The summed E-state index contributed by atoms with van der Waals surface area (Å²) < 4.78 is 13.1. The molecule has 1 aromatic heterocycles. The second-order valence-corrected chi connectivity index (χ2v) is 4.91. The Morgan fingerprint density at radius 1 is 1.29 bits per heavy atom. The van der Waals surface area contributed by atoms with Gasteiger partial charge in [-0.2, -0.15) is 0 Å². The highest BCUT2D eigenvalue weighted by Crippen LogP contribution is 2.25. The highest BCUT2D eigenvalue weighted by atomic mass is 32.1. The number of nitro groups is 1. The second kappa shape index (κ2) is 5.67. The van der Waals surface area contributed by atoms with Gasteiger partial charge in [0, 0.05) is 6.07 Å². The number of hydrogen-bond donors (Lipinski definition) is 2. The number of thiophene rings is 1. The van der Waals surface area contributed by atoms with Gasteiger partial charge in [-0.25, -0.2) is 9.18 Å². The highest BCUT2D eigenvalue weighted by molar-refractivity contribution is 7.17. The molecule has 21 heavy (non-hydrogen) atoms. The van der Waals surface area contributed by atoms with Gasteiger partial charge in [0.2, 0.25) is 0 Å². The molecule has 0 saturated carbocycles. The maximum absolute atomic E-state index is 13.1. The van der Waals surface area contributed by atoms with Gasteiger partial charge in [-0.05, 0) is 24.3 Å². The van der Waals surface area contributed by atoms with Gasteiger partial charge in [-0.3, -0.25) is 14.9 Å². The van der Waals surface area contributed by atoms with Gasteiger partial charge in [0.05, 0.1) is 21.1 Å². The van der Waals surface area contributed by atoms with Gasteiger partial charge in [-0.1, -0.05) is 11.3 Å². The normalized spacial score (nSPS) is 10.1. The molecule has 7 nitrogen and oxygen atoms in total. The minimum Gasteiger partial charge on any atom is -0.478 e. The van der Waals surface area contributed by atoms with E-state index in [4.69, 9.17) is 5.11 Å². The molecule has 2 aromatic rings. The first kappa shape index (κ1) is 14.6. The van der Waals surface area contributed by atoms with Gasteiger partial charge in [0.15, 0.2) is 0 Å². The Balaban J connectivity index is 2.28. The van der Waals surface area contributed by atoms with Crippen LogP contribution in [-0.2, 0) is 0 Å². The van der Waals surface area contributed by atoms with E-state index in [9.17, 15) is 24.1 Å². The monoisotopic (exact) mass is 310 g/mol. The number of rotatable bonds is 4.